The molecule has 2 amide bonds. The van der Waals surface area contributed by atoms with Gasteiger partial charge in [0.05, 0.1) is 29.1 Å². The number of anilines is 1. The number of aryl methyl sites for hydroxylation is 2. The SMILES string of the molecule is Cc1nn(C)c(C)c1NC(=O)[C@@H](C)N1CC[C@@]2(CCC1=O)CC(=O)c1ccccc1O2. The molecule has 1 saturated heterocycles. The summed E-state index contributed by atoms with van der Waals surface area (Å²) in [6, 6.07) is 6.59. The van der Waals surface area contributed by atoms with Crippen LogP contribution in [0.4, 0.5) is 5.69 Å². The number of fused-ring (bicyclic) bond motifs is 1. The standard InChI is InChI=1S/C23H28N4O4/c1-14-21(15(2)26(4)25-14)24-22(30)16(3)27-12-11-23(10-9-20(27)29)13-18(28)17-7-5-6-8-19(17)31-23/h5-8,16H,9-13H2,1-4H3,(H,24,30)/t16-,23+/m1/s1. The van der Waals surface area contributed by atoms with E-state index in [1.807, 2.05) is 33.0 Å². The van der Waals surface area contributed by atoms with Crippen molar-refractivity contribution in [2.24, 2.45) is 7.05 Å². The van der Waals surface area contributed by atoms with Gasteiger partial charge >= 0.3 is 0 Å². The summed E-state index contributed by atoms with van der Waals surface area (Å²) in [6.45, 7) is 5.81. The third kappa shape index (κ3) is 3.82. The lowest BCUT2D eigenvalue weighted by atomic mass is 9.84. The maximum absolute atomic E-state index is 12.9. The zero-order valence-corrected chi connectivity index (χ0v) is 18.4. The first kappa shape index (κ1) is 21.1. The van der Waals surface area contributed by atoms with Crippen LogP contribution in [0.15, 0.2) is 24.3 Å². The first-order valence-corrected chi connectivity index (χ1v) is 10.6. The molecule has 1 fully saturated rings. The molecule has 8 heteroatoms. The van der Waals surface area contributed by atoms with Crippen molar-refractivity contribution in [2.75, 3.05) is 11.9 Å². The lowest BCUT2D eigenvalue weighted by Crippen LogP contribution is -2.47. The molecule has 164 valence electrons. The van der Waals surface area contributed by atoms with Crippen molar-refractivity contribution >= 4 is 23.3 Å². The first-order chi connectivity index (χ1) is 14.7. The molecule has 0 unspecified atom stereocenters. The highest BCUT2D eigenvalue weighted by molar-refractivity contribution is 6.00. The third-order valence-electron chi connectivity index (χ3n) is 6.52. The number of ether oxygens (including phenoxy) is 1. The van der Waals surface area contributed by atoms with E-state index in [1.54, 1.807) is 28.6 Å². The minimum absolute atomic E-state index is 0.0380. The van der Waals surface area contributed by atoms with Crippen LogP contribution in [-0.4, -0.2) is 50.5 Å². The molecule has 0 bridgehead atoms. The van der Waals surface area contributed by atoms with E-state index >= 15 is 0 Å². The predicted octanol–water partition coefficient (Wildman–Crippen LogP) is 2.78. The molecule has 2 aromatic rings. The van der Waals surface area contributed by atoms with Crippen LogP contribution >= 0.6 is 0 Å². The molecule has 2 aliphatic heterocycles. The molecule has 2 atom stereocenters. The van der Waals surface area contributed by atoms with E-state index in [0.29, 0.717) is 36.4 Å². The monoisotopic (exact) mass is 424 g/mol. The van der Waals surface area contributed by atoms with Crippen molar-refractivity contribution < 1.29 is 19.1 Å². The topological polar surface area (TPSA) is 93.5 Å². The molecule has 1 spiro atoms. The van der Waals surface area contributed by atoms with Crippen molar-refractivity contribution in [1.82, 2.24) is 14.7 Å². The summed E-state index contributed by atoms with van der Waals surface area (Å²) >= 11 is 0. The predicted molar refractivity (Wildman–Crippen MR) is 115 cm³/mol. The molecule has 1 N–H and O–H groups in total. The van der Waals surface area contributed by atoms with Gasteiger partial charge in [-0.3, -0.25) is 19.1 Å². The minimum Gasteiger partial charge on any atom is -0.486 e. The number of ketones is 1. The lowest BCUT2D eigenvalue weighted by molar-refractivity contribution is -0.137. The Bertz CT molecular complexity index is 1060. The molecular weight excluding hydrogens is 396 g/mol. The Morgan fingerprint density at radius 2 is 1.97 bits per heavy atom. The van der Waals surface area contributed by atoms with Gasteiger partial charge in [0.1, 0.15) is 17.4 Å². The quantitative estimate of drug-likeness (QED) is 0.818. The summed E-state index contributed by atoms with van der Waals surface area (Å²) in [5, 5.41) is 7.25. The second-order valence-corrected chi connectivity index (χ2v) is 8.55. The van der Waals surface area contributed by atoms with Crippen molar-refractivity contribution in [2.45, 2.75) is 58.1 Å². The smallest absolute Gasteiger partial charge is 0.246 e. The summed E-state index contributed by atoms with van der Waals surface area (Å²) in [6.07, 6.45) is 1.44. The highest BCUT2D eigenvalue weighted by Gasteiger charge is 2.44. The number of nitrogens with zero attached hydrogens (tertiary/aromatic N) is 3. The summed E-state index contributed by atoms with van der Waals surface area (Å²) in [5.74, 6) is 0.257. The first-order valence-electron chi connectivity index (χ1n) is 10.6. The molecular formula is C23H28N4O4. The normalized spacial score (nSPS) is 22.0. The number of Topliss-reactive ketones (excluding diaryl/α,β-unsaturated/α-hetero) is 1. The third-order valence-corrected chi connectivity index (χ3v) is 6.52. The second kappa shape index (κ2) is 7.83. The number of hydrogen-bond donors (Lipinski definition) is 1. The van der Waals surface area contributed by atoms with Crippen molar-refractivity contribution in [3.63, 3.8) is 0 Å². The number of benzene rings is 1. The Balaban J connectivity index is 1.49. The van der Waals surface area contributed by atoms with Gasteiger partial charge in [0, 0.05) is 26.4 Å². The summed E-state index contributed by atoms with van der Waals surface area (Å²) in [5.41, 5.74) is 2.15. The number of nitrogens with one attached hydrogen (secondary N) is 1. The van der Waals surface area contributed by atoms with Crippen LogP contribution in [-0.2, 0) is 16.6 Å². The number of likely N-dealkylation sites (tertiary alicyclic amines) is 1. The average molecular weight is 425 g/mol. The van der Waals surface area contributed by atoms with Crippen LogP contribution in [0.25, 0.3) is 0 Å². The largest absolute Gasteiger partial charge is 0.486 e. The molecule has 2 aliphatic rings. The van der Waals surface area contributed by atoms with Gasteiger partial charge in [-0.2, -0.15) is 5.10 Å². The Kier molecular flexibility index (Phi) is 5.33. The van der Waals surface area contributed by atoms with E-state index in [1.165, 1.54) is 0 Å². The minimum atomic E-state index is -0.706. The van der Waals surface area contributed by atoms with Gasteiger partial charge < -0.3 is 15.0 Å². The van der Waals surface area contributed by atoms with E-state index in [9.17, 15) is 14.4 Å². The van der Waals surface area contributed by atoms with E-state index in [4.69, 9.17) is 4.74 Å². The molecule has 3 heterocycles. The summed E-state index contributed by atoms with van der Waals surface area (Å²) < 4.78 is 7.98. The van der Waals surface area contributed by atoms with Gasteiger partial charge in [0.15, 0.2) is 5.78 Å². The van der Waals surface area contributed by atoms with Crippen molar-refractivity contribution in [1.29, 1.82) is 0 Å². The van der Waals surface area contributed by atoms with Crippen LogP contribution in [0.3, 0.4) is 0 Å². The molecule has 8 nitrogen and oxygen atoms in total. The number of rotatable bonds is 3. The number of amides is 2. The fourth-order valence-corrected chi connectivity index (χ4v) is 4.51. The number of hydrogen-bond acceptors (Lipinski definition) is 5. The molecule has 0 aliphatic carbocycles. The average Bonchev–Trinajstić information content (AvgIpc) is 2.88. The number of para-hydroxylation sites is 1. The van der Waals surface area contributed by atoms with Crippen LogP contribution in [0.5, 0.6) is 5.75 Å². The zero-order chi connectivity index (χ0) is 22.3. The maximum Gasteiger partial charge on any atom is 0.246 e. The van der Waals surface area contributed by atoms with Crippen molar-refractivity contribution in [3.05, 3.63) is 41.2 Å². The van der Waals surface area contributed by atoms with E-state index in [-0.39, 0.29) is 30.4 Å². The van der Waals surface area contributed by atoms with E-state index < -0.39 is 11.6 Å². The number of carbonyl (C=O) groups is 3. The van der Waals surface area contributed by atoms with Crippen molar-refractivity contribution in [3.8, 4) is 5.75 Å². The van der Waals surface area contributed by atoms with Gasteiger partial charge in [-0.15, -0.1) is 0 Å². The van der Waals surface area contributed by atoms with Crippen LogP contribution in [0.1, 0.15) is 54.4 Å². The highest BCUT2D eigenvalue weighted by atomic mass is 16.5. The van der Waals surface area contributed by atoms with Gasteiger partial charge in [-0.25, -0.2) is 0 Å². The Morgan fingerprint density at radius 3 is 2.68 bits per heavy atom. The summed E-state index contributed by atoms with van der Waals surface area (Å²) in [4.78, 5) is 40.1. The van der Waals surface area contributed by atoms with Gasteiger partial charge in [0.2, 0.25) is 11.8 Å². The Labute approximate surface area is 181 Å². The Hall–Kier alpha value is -3.16. The van der Waals surface area contributed by atoms with E-state index in [2.05, 4.69) is 10.4 Å². The fourth-order valence-electron chi connectivity index (χ4n) is 4.51. The summed E-state index contributed by atoms with van der Waals surface area (Å²) in [7, 11) is 1.82. The molecule has 31 heavy (non-hydrogen) atoms. The number of carbonyl (C=O) groups excluding carboxylic acids is 3. The Morgan fingerprint density at radius 1 is 1.23 bits per heavy atom. The molecule has 0 saturated carbocycles. The second-order valence-electron chi connectivity index (χ2n) is 8.55. The van der Waals surface area contributed by atoms with Crippen LogP contribution in [0, 0.1) is 13.8 Å². The maximum atomic E-state index is 12.9. The zero-order valence-electron chi connectivity index (χ0n) is 18.4. The molecule has 1 aromatic heterocycles. The molecule has 1 aromatic carbocycles. The molecule has 0 radical (unpaired) electrons. The van der Waals surface area contributed by atoms with Crippen LogP contribution < -0.4 is 10.1 Å². The van der Waals surface area contributed by atoms with Crippen LogP contribution in [0.2, 0.25) is 0 Å². The van der Waals surface area contributed by atoms with Gasteiger partial charge in [0.25, 0.3) is 0 Å². The number of aromatic nitrogens is 2. The van der Waals surface area contributed by atoms with E-state index in [0.717, 1.165) is 11.4 Å². The fraction of sp³-hybridized carbons (Fsp3) is 0.478. The lowest BCUT2D eigenvalue weighted by Gasteiger charge is -2.37. The highest BCUT2D eigenvalue weighted by Crippen LogP contribution is 2.39. The van der Waals surface area contributed by atoms with Gasteiger partial charge in [-0.1, -0.05) is 12.1 Å². The van der Waals surface area contributed by atoms with Gasteiger partial charge in [-0.05, 0) is 39.3 Å². The molecule has 4 rings (SSSR count).